The van der Waals surface area contributed by atoms with Crippen LogP contribution in [-0.4, -0.2) is 21.0 Å². The van der Waals surface area contributed by atoms with E-state index < -0.39 is 5.79 Å². The zero-order valence-corrected chi connectivity index (χ0v) is 31.4. The number of hydrogen-bond acceptors (Lipinski definition) is 3. The van der Waals surface area contributed by atoms with Gasteiger partial charge in [-0.25, -0.2) is 15.0 Å². The fourth-order valence-corrected chi connectivity index (χ4v) is 7.35. The van der Waals surface area contributed by atoms with Gasteiger partial charge < -0.3 is 0 Å². The number of benzene rings is 6. The van der Waals surface area contributed by atoms with Gasteiger partial charge in [-0.05, 0) is 66.7 Å². The summed E-state index contributed by atoms with van der Waals surface area (Å²) < 4.78 is 2.03. The first kappa shape index (κ1) is 34.7. The summed E-state index contributed by atoms with van der Waals surface area (Å²) >= 11 is 39.9. The maximum atomic E-state index is 7.20. The monoisotopic (exact) mass is 794 g/mol. The number of aliphatic imine (C=N–C) groups is 2. The second-order valence-corrected chi connectivity index (χ2v) is 14.6. The molecule has 0 atom stereocenters. The van der Waals surface area contributed by atoms with Gasteiger partial charge in [0.1, 0.15) is 5.82 Å². The van der Waals surface area contributed by atoms with Crippen molar-refractivity contribution in [1.82, 2.24) is 9.55 Å². The van der Waals surface area contributed by atoms with Crippen molar-refractivity contribution < 1.29 is 0 Å². The second-order valence-electron chi connectivity index (χ2n) is 12.0. The molecule has 6 aromatic carbocycles. The van der Waals surface area contributed by atoms with E-state index in [9.17, 15) is 0 Å². The molecule has 2 heterocycles. The number of aromatic nitrogens is 2. The minimum atomic E-state index is -1.55. The largest absolute Gasteiger partial charge is 0.275 e. The zero-order valence-electron chi connectivity index (χ0n) is 26.9. The Balaban J connectivity index is 1.58. The molecule has 1 aromatic heterocycles. The number of imidazole rings is 1. The van der Waals surface area contributed by atoms with Crippen LogP contribution in [-0.2, 0) is 5.79 Å². The van der Waals surface area contributed by atoms with Crippen molar-refractivity contribution in [3.05, 3.63) is 192 Å². The highest BCUT2D eigenvalue weighted by Gasteiger charge is 2.46. The van der Waals surface area contributed by atoms with Crippen LogP contribution in [0.5, 0.6) is 0 Å². The van der Waals surface area contributed by atoms with E-state index in [2.05, 4.69) is 0 Å². The van der Waals surface area contributed by atoms with Crippen LogP contribution in [0.4, 0.5) is 0 Å². The molecule has 4 nitrogen and oxygen atoms in total. The fourth-order valence-electron chi connectivity index (χ4n) is 6.36. The molecule has 1 aliphatic rings. The third-order valence-corrected chi connectivity index (χ3v) is 10.4. The van der Waals surface area contributed by atoms with Gasteiger partial charge in [0.15, 0.2) is 0 Å². The highest BCUT2D eigenvalue weighted by Crippen LogP contribution is 2.49. The molecule has 52 heavy (non-hydrogen) atoms. The van der Waals surface area contributed by atoms with E-state index >= 15 is 0 Å². The maximum Gasteiger partial charge on any atom is 0.263 e. The topological polar surface area (TPSA) is 42.5 Å². The number of halogens is 6. The third-order valence-electron chi connectivity index (χ3n) is 8.77. The minimum Gasteiger partial charge on any atom is -0.275 e. The van der Waals surface area contributed by atoms with Crippen molar-refractivity contribution in [3.63, 3.8) is 0 Å². The Hall–Kier alpha value is -4.39. The van der Waals surface area contributed by atoms with E-state index in [0.717, 1.165) is 22.3 Å². The van der Waals surface area contributed by atoms with Crippen LogP contribution in [0.1, 0.15) is 16.7 Å². The van der Waals surface area contributed by atoms with Crippen LogP contribution in [0.15, 0.2) is 156 Å². The Morgan fingerprint density at radius 3 is 1.33 bits per heavy atom. The molecule has 0 spiro atoms. The molecule has 0 N–H and O–H groups in total. The lowest BCUT2D eigenvalue weighted by Crippen LogP contribution is -2.31. The lowest BCUT2D eigenvalue weighted by molar-refractivity contribution is 0.409. The summed E-state index contributed by atoms with van der Waals surface area (Å²) in [7, 11) is 0. The Kier molecular flexibility index (Phi) is 9.48. The summed E-state index contributed by atoms with van der Waals surface area (Å²) in [5.74, 6) is -1.04. The molecule has 254 valence electrons. The predicted octanol–water partition coefficient (Wildman–Crippen LogP) is 13.5. The third kappa shape index (κ3) is 6.34. The Bertz CT molecular complexity index is 2440. The highest BCUT2D eigenvalue weighted by molar-refractivity contribution is 6.54. The maximum absolute atomic E-state index is 7.20. The summed E-state index contributed by atoms with van der Waals surface area (Å²) in [5, 5.41) is 3.32. The number of nitrogens with zero attached hydrogens (tertiary/aromatic N) is 4. The first-order chi connectivity index (χ1) is 25.2. The van der Waals surface area contributed by atoms with Gasteiger partial charge >= 0.3 is 0 Å². The van der Waals surface area contributed by atoms with Gasteiger partial charge in [-0.3, -0.25) is 4.57 Å². The Morgan fingerprint density at radius 2 is 0.846 bits per heavy atom. The molecule has 0 radical (unpaired) electrons. The molecular weight excluding hydrogens is 773 g/mol. The molecule has 10 heteroatoms. The van der Waals surface area contributed by atoms with Gasteiger partial charge in [0, 0.05) is 53.5 Å². The van der Waals surface area contributed by atoms with Crippen LogP contribution in [0.3, 0.4) is 0 Å². The van der Waals surface area contributed by atoms with Gasteiger partial charge in [0.25, 0.3) is 5.79 Å². The first-order valence-electron chi connectivity index (χ1n) is 16.1. The molecular formula is C42H24Cl6N4. The van der Waals surface area contributed by atoms with E-state index in [0.29, 0.717) is 69.9 Å². The number of hydrogen-bond donors (Lipinski definition) is 0. The van der Waals surface area contributed by atoms with E-state index in [1.54, 1.807) is 0 Å². The Labute approximate surface area is 330 Å². The normalized spacial score (nSPS) is 13.6. The van der Waals surface area contributed by atoms with Crippen molar-refractivity contribution in [1.29, 1.82) is 0 Å². The van der Waals surface area contributed by atoms with Crippen LogP contribution in [0.25, 0.3) is 33.9 Å². The smallest absolute Gasteiger partial charge is 0.263 e. The Morgan fingerprint density at radius 1 is 0.423 bits per heavy atom. The van der Waals surface area contributed by atoms with E-state index in [1.165, 1.54) is 0 Å². The zero-order chi connectivity index (χ0) is 36.0. The average Bonchev–Trinajstić information content (AvgIpc) is 3.74. The van der Waals surface area contributed by atoms with Crippen LogP contribution < -0.4 is 0 Å². The summed E-state index contributed by atoms with van der Waals surface area (Å²) in [6, 6.07) is 45.3. The first-order valence-corrected chi connectivity index (χ1v) is 18.4. The molecule has 0 amide bonds. The molecule has 8 rings (SSSR count). The van der Waals surface area contributed by atoms with Crippen molar-refractivity contribution in [2.45, 2.75) is 5.79 Å². The van der Waals surface area contributed by atoms with Crippen molar-refractivity contribution in [2.75, 3.05) is 0 Å². The molecule has 0 fully saturated rings. The fraction of sp³-hybridized carbons (Fsp3) is 0.0238. The van der Waals surface area contributed by atoms with E-state index in [1.807, 2.05) is 150 Å². The van der Waals surface area contributed by atoms with E-state index in [-0.39, 0.29) is 0 Å². The average molecular weight is 797 g/mol. The van der Waals surface area contributed by atoms with Crippen molar-refractivity contribution in [3.8, 4) is 33.9 Å². The SMILES string of the molecule is Clc1ccc(C2=NC(c3ccccc3Cl)(n3c(-c4ccccc4Cl)nc(-c4ccc(Cl)cc4)c3-c3ccc(Cl)cc3)N=C2c2ccc(Cl)cc2)cc1. The van der Waals surface area contributed by atoms with Gasteiger partial charge in [0.2, 0.25) is 0 Å². The summed E-state index contributed by atoms with van der Waals surface area (Å²) in [4.78, 5) is 16.6. The molecule has 0 saturated heterocycles. The summed E-state index contributed by atoms with van der Waals surface area (Å²) in [6.07, 6.45) is 0. The molecule has 0 bridgehead atoms. The second kappa shape index (κ2) is 14.2. The molecule has 1 aliphatic heterocycles. The molecule has 0 saturated carbocycles. The lowest BCUT2D eigenvalue weighted by Gasteiger charge is -2.30. The summed E-state index contributed by atoms with van der Waals surface area (Å²) in [6.45, 7) is 0. The molecule has 0 aliphatic carbocycles. The van der Waals surface area contributed by atoms with Crippen LogP contribution >= 0.6 is 69.6 Å². The number of rotatable bonds is 7. The van der Waals surface area contributed by atoms with E-state index in [4.69, 9.17) is 84.6 Å². The predicted molar refractivity (Wildman–Crippen MR) is 218 cm³/mol. The molecule has 7 aromatic rings. The van der Waals surface area contributed by atoms with Crippen LogP contribution in [0.2, 0.25) is 30.1 Å². The van der Waals surface area contributed by atoms with Crippen molar-refractivity contribution >= 4 is 81.0 Å². The molecule has 0 unspecified atom stereocenters. The lowest BCUT2D eigenvalue weighted by atomic mass is 10.0. The minimum absolute atomic E-state index is 0.455. The van der Waals surface area contributed by atoms with Gasteiger partial charge in [0.05, 0.1) is 32.9 Å². The standard InChI is InChI=1S/C42H24Cl6N4/c43-29-17-9-25(10-18-29)37-38(26-11-19-30(44)20-12-26)51-42(50-37,34-6-2-4-8-36(34)48)52-40(28-15-23-32(46)24-16-28)39(27-13-21-31(45)22-14-27)49-41(52)33-5-1-3-7-35(33)47/h1-24H. The van der Waals surface area contributed by atoms with Crippen LogP contribution in [0, 0.1) is 0 Å². The highest BCUT2D eigenvalue weighted by atomic mass is 35.5. The van der Waals surface area contributed by atoms with Gasteiger partial charge in [-0.15, -0.1) is 0 Å². The van der Waals surface area contributed by atoms with Crippen molar-refractivity contribution in [2.24, 2.45) is 9.98 Å². The summed E-state index contributed by atoms with van der Waals surface area (Å²) in [5.41, 5.74) is 7.12. The quantitative estimate of drug-likeness (QED) is 0.158. The van der Waals surface area contributed by atoms with Gasteiger partial charge in [-0.2, -0.15) is 0 Å². The van der Waals surface area contributed by atoms with Gasteiger partial charge in [-0.1, -0.05) is 148 Å².